The molecule has 3 amide bonds. The smallest absolute Gasteiger partial charge is 0.247 e. The first-order chi connectivity index (χ1) is 16.6. The van der Waals surface area contributed by atoms with E-state index in [-0.39, 0.29) is 37.1 Å². The maximum absolute atomic E-state index is 13.6. The number of pyridine rings is 1. The number of aromatic nitrogens is 1. The lowest BCUT2D eigenvalue weighted by Crippen LogP contribution is -2.49. The second kappa shape index (κ2) is 11.7. The van der Waals surface area contributed by atoms with Crippen LogP contribution < -0.4 is 10.6 Å². The van der Waals surface area contributed by atoms with Gasteiger partial charge < -0.3 is 15.5 Å². The lowest BCUT2D eigenvalue weighted by Gasteiger charge is -2.33. The molecule has 0 saturated heterocycles. The molecule has 35 heavy (non-hydrogen) atoms. The van der Waals surface area contributed by atoms with Crippen molar-refractivity contribution in [3.05, 3.63) is 82.4 Å². The zero-order chi connectivity index (χ0) is 25.4. The summed E-state index contributed by atoms with van der Waals surface area (Å²) in [5.41, 5.74) is -0.0636. The van der Waals surface area contributed by atoms with E-state index >= 15 is 0 Å². The monoisotopic (exact) mass is 496 g/mol. The summed E-state index contributed by atoms with van der Waals surface area (Å²) in [5.74, 6) is -1.15. The second-order valence-electron chi connectivity index (χ2n) is 9.06. The Morgan fingerprint density at radius 1 is 1.03 bits per heavy atom. The summed E-state index contributed by atoms with van der Waals surface area (Å²) in [4.78, 5) is 45.7. The van der Waals surface area contributed by atoms with E-state index in [2.05, 4.69) is 15.6 Å². The van der Waals surface area contributed by atoms with Crippen LogP contribution in [0.2, 0.25) is 0 Å². The number of carbonyl (C=O) groups excluding carboxylic acids is 3. The molecule has 7 nitrogen and oxygen atoms in total. The summed E-state index contributed by atoms with van der Waals surface area (Å²) >= 11 is 1.46. The molecule has 0 unspecified atom stereocenters. The molecule has 0 aliphatic carbocycles. The molecular formula is C26H29FN4O3S. The van der Waals surface area contributed by atoms with Crippen molar-refractivity contribution in [1.82, 2.24) is 15.2 Å². The molecule has 3 rings (SSSR count). The van der Waals surface area contributed by atoms with Gasteiger partial charge in [0, 0.05) is 29.5 Å². The average Bonchev–Trinajstić information content (AvgIpc) is 3.31. The van der Waals surface area contributed by atoms with Crippen molar-refractivity contribution in [2.24, 2.45) is 0 Å². The first-order valence-corrected chi connectivity index (χ1v) is 12.1. The molecule has 0 saturated carbocycles. The number of rotatable bonds is 9. The number of halogens is 1. The number of carbonyl (C=O) groups is 3. The minimum absolute atomic E-state index is 0.0760. The summed E-state index contributed by atoms with van der Waals surface area (Å²) in [5, 5.41) is 7.49. The largest absolute Gasteiger partial charge is 0.349 e. The molecule has 0 aliphatic rings. The van der Waals surface area contributed by atoms with Crippen molar-refractivity contribution >= 4 is 34.9 Å². The van der Waals surface area contributed by atoms with Gasteiger partial charge in [-0.3, -0.25) is 14.4 Å². The van der Waals surface area contributed by atoms with Gasteiger partial charge in [-0.1, -0.05) is 24.3 Å². The predicted octanol–water partition coefficient (Wildman–Crippen LogP) is 4.69. The second-order valence-corrected chi connectivity index (χ2v) is 10.1. The number of nitrogens with one attached hydrogen (secondary N) is 2. The van der Waals surface area contributed by atoms with Crippen LogP contribution in [-0.2, 0) is 20.9 Å². The molecule has 0 spiro atoms. The van der Waals surface area contributed by atoms with Gasteiger partial charge in [0.15, 0.2) is 0 Å². The van der Waals surface area contributed by atoms with E-state index in [0.29, 0.717) is 11.4 Å². The molecule has 9 heteroatoms. The summed E-state index contributed by atoms with van der Waals surface area (Å²) in [6, 6.07) is 13.4. The molecule has 1 atom stereocenters. The highest BCUT2D eigenvalue weighted by Gasteiger charge is 2.33. The van der Waals surface area contributed by atoms with Gasteiger partial charge >= 0.3 is 0 Å². The SMILES string of the molecule is CC(C)(C)NC(=O)[C@H](c1ccc(F)cc1)N(Cc1cccs1)C(=O)CCC(=O)Nc1ccccn1. The molecule has 0 bridgehead atoms. The standard InChI is InChI=1S/C26H29FN4O3S/c1-26(2,3)30-25(34)24(18-9-11-19(27)12-10-18)31(17-20-7-6-16-35-20)23(33)14-13-22(32)29-21-8-4-5-15-28-21/h4-12,15-16,24H,13-14,17H2,1-3H3,(H,30,34)(H,28,29,32)/t24-/m0/s1. The van der Waals surface area contributed by atoms with Crippen LogP contribution in [0.1, 0.15) is 50.1 Å². The van der Waals surface area contributed by atoms with Crippen LogP contribution in [0.15, 0.2) is 66.2 Å². The van der Waals surface area contributed by atoms with Gasteiger partial charge in [-0.2, -0.15) is 0 Å². The van der Waals surface area contributed by atoms with Crippen molar-refractivity contribution in [1.29, 1.82) is 0 Å². The maximum Gasteiger partial charge on any atom is 0.247 e. The Balaban J connectivity index is 1.86. The zero-order valence-electron chi connectivity index (χ0n) is 20.0. The van der Waals surface area contributed by atoms with Gasteiger partial charge in [-0.25, -0.2) is 9.37 Å². The van der Waals surface area contributed by atoms with Gasteiger partial charge in [-0.15, -0.1) is 11.3 Å². The van der Waals surface area contributed by atoms with Gasteiger partial charge in [-0.05, 0) is 62.0 Å². The van der Waals surface area contributed by atoms with E-state index in [1.807, 2.05) is 38.3 Å². The predicted molar refractivity (Wildman–Crippen MR) is 134 cm³/mol. The minimum Gasteiger partial charge on any atom is -0.349 e. The van der Waals surface area contributed by atoms with E-state index in [9.17, 15) is 18.8 Å². The number of thiophene rings is 1. The summed E-state index contributed by atoms with van der Waals surface area (Å²) in [7, 11) is 0. The van der Waals surface area contributed by atoms with E-state index in [4.69, 9.17) is 0 Å². The van der Waals surface area contributed by atoms with Crippen LogP contribution in [0, 0.1) is 5.82 Å². The van der Waals surface area contributed by atoms with E-state index in [0.717, 1.165) is 4.88 Å². The number of nitrogens with zero attached hydrogens (tertiary/aromatic N) is 2. The highest BCUT2D eigenvalue weighted by molar-refractivity contribution is 7.09. The fourth-order valence-electron chi connectivity index (χ4n) is 3.46. The first kappa shape index (κ1) is 26.0. The molecule has 2 heterocycles. The molecule has 0 radical (unpaired) electrons. The third-order valence-corrected chi connectivity index (χ3v) is 5.83. The van der Waals surface area contributed by atoms with Gasteiger partial charge in [0.2, 0.25) is 17.7 Å². The number of amides is 3. The summed E-state index contributed by atoms with van der Waals surface area (Å²) < 4.78 is 13.6. The molecular weight excluding hydrogens is 467 g/mol. The van der Waals surface area contributed by atoms with Gasteiger partial charge in [0.25, 0.3) is 0 Å². The fraction of sp³-hybridized carbons (Fsp3) is 0.308. The van der Waals surface area contributed by atoms with Crippen LogP contribution >= 0.6 is 11.3 Å². The highest BCUT2D eigenvalue weighted by Crippen LogP contribution is 2.27. The lowest BCUT2D eigenvalue weighted by atomic mass is 10.0. The number of anilines is 1. The third kappa shape index (κ3) is 7.99. The van der Waals surface area contributed by atoms with Crippen LogP contribution in [-0.4, -0.2) is 33.1 Å². The maximum atomic E-state index is 13.6. The first-order valence-electron chi connectivity index (χ1n) is 11.2. The van der Waals surface area contributed by atoms with Crippen molar-refractivity contribution in [2.75, 3.05) is 5.32 Å². The van der Waals surface area contributed by atoms with Gasteiger partial charge in [0.1, 0.15) is 17.7 Å². The number of hydrogen-bond acceptors (Lipinski definition) is 5. The Kier molecular flexibility index (Phi) is 8.70. The van der Waals surface area contributed by atoms with E-state index in [1.165, 1.54) is 40.5 Å². The van der Waals surface area contributed by atoms with Crippen molar-refractivity contribution in [3.8, 4) is 0 Å². The molecule has 0 aliphatic heterocycles. The molecule has 2 aromatic heterocycles. The fourth-order valence-corrected chi connectivity index (χ4v) is 4.16. The van der Waals surface area contributed by atoms with Crippen LogP contribution in [0.5, 0.6) is 0 Å². The summed E-state index contributed by atoms with van der Waals surface area (Å²) in [6.07, 6.45) is 1.38. The number of hydrogen-bond donors (Lipinski definition) is 2. The normalized spacial score (nSPS) is 12.0. The van der Waals surface area contributed by atoms with E-state index < -0.39 is 17.4 Å². The Hall–Kier alpha value is -3.59. The Labute approximate surface area is 208 Å². The van der Waals surface area contributed by atoms with Crippen LogP contribution in [0.4, 0.5) is 10.2 Å². The quantitative estimate of drug-likeness (QED) is 0.450. The van der Waals surface area contributed by atoms with Crippen LogP contribution in [0.25, 0.3) is 0 Å². The van der Waals surface area contributed by atoms with Gasteiger partial charge in [0.05, 0.1) is 6.54 Å². The number of benzene rings is 1. The molecule has 184 valence electrons. The molecule has 1 aromatic carbocycles. The Morgan fingerprint density at radius 3 is 2.37 bits per heavy atom. The lowest BCUT2D eigenvalue weighted by molar-refractivity contribution is -0.142. The average molecular weight is 497 g/mol. The molecule has 2 N–H and O–H groups in total. The Bertz CT molecular complexity index is 1130. The van der Waals surface area contributed by atoms with Crippen molar-refractivity contribution in [2.45, 2.75) is 51.7 Å². The minimum atomic E-state index is -0.997. The van der Waals surface area contributed by atoms with E-state index in [1.54, 1.807) is 24.4 Å². The van der Waals surface area contributed by atoms with Crippen molar-refractivity contribution < 1.29 is 18.8 Å². The summed E-state index contributed by atoms with van der Waals surface area (Å²) in [6.45, 7) is 5.72. The molecule has 3 aromatic rings. The highest BCUT2D eigenvalue weighted by atomic mass is 32.1. The Morgan fingerprint density at radius 2 is 1.77 bits per heavy atom. The topological polar surface area (TPSA) is 91.4 Å². The third-order valence-electron chi connectivity index (χ3n) is 4.97. The van der Waals surface area contributed by atoms with Crippen LogP contribution in [0.3, 0.4) is 0 Å². The zero-order valence-corrected chi connectivity index (χ0v) is 20.8. The van der Waals surface area contributed by atoms with Crippen molar-refractivity contribution in [3.63, 3.8) is 0 Å². The molecule has 0 fully saturated rings.